The molecule has 6 heteroatoms. The predicted molar refractivity (Wildman–Crippen MR) is 130 cm³/mol. The van der Waals surface area contributed by atoms with Gasteiger partial charge in [-0.2, -0.15) is 0 Å². The Hall–Kier alpha value is -2.75. The molecule has 0 saturated carbocycles. The summed E-state index contributed by atoms with van der Waals surface area (Å²) >= 11 is 0. The number of rotatable bonds is 9. The van der Waals surface area contributed by atoms with Crippen LogP contribution in [0.2, 0.25) is 0 Å². The van der Waals surface area contributed by atoms with Crippen LogP contribution >= 0.6 is 7.37 Å². The van der Waals surface area contributed by atoms with E-state index in [0.29, 0.717) is 11.1 Å². The van der Waals surface area contributed by atoms with Gasteiger partial charge in [-0.3, -0.25) is 4.57 Å². The van der Waals surface area contributed by atoms with E-state index in [1.165, 1.54) is 0 Å². The van der Waals surface area contributed by atoms with E-state index in [2.05, 4.69) is 5.32 Å². The van der Waals surface area contributed by atoms with Crippen LogP contribution in [-0.2, 0) is 9.09 Å². The Balaban J connectivity index is 2.18. The molecule has 0 unspecified atom stereocenters. The lowest BCUT2D eigenvalue weighted by Crippen LogP contribution is -2.23. The Morgan fingerprint density at radius 1 is 0.871 bits per heavy atom. The first-order valence-corrected chi connectivity index (χ1v) is 12.0. The van der Waals surface area contributed by atoms with Crippen molar-refractivity contribution in [2.24, 2.45) is 0 Å². The van der Waals surface area contributed by atoms with E-state index in [1.54, 1.807) is 7.11 Å². The van der Waals surface area contributed by atoms with E-state index >= 15 is 0 Å². The molecule has 0 fully saturated rings. The van der Waals surface area contributed by atoms with Gasteiger partial charge in [-0.15, -0.1) is 0 Å². The van der Waals surface area contributed by atoms with Gasteiger partial charge in [0, 0.05) is 36.3 Å². The van der Waals surface area contributed by atoms with E-state index in [0.717, 1.165) is 16.9 Å². The first-order valence-electron chi connectivity index (χ1n) is 10.4. The number of nitrogens with zero attached hydrogens (tertiary/aromatic N) is 1. The van der Waals surface area contributed by atoms with E-state index < -0.39 is 13.2 Å². The monoisotopic (exact) mass is 438 g/mol. The van der Waals surface area contributed by atoms with Crippen molar-refractivity contribution in [1.29, 1.82) is 0 Å². The van der Waals surface area contributed by atoms with Crippen LogP contribution in [0.5, 0.6) is 5.75 Å². The van der Waals surface area contributed by atoms with Crippen LogP contribution in [0, 0.1) is 0 Å². The third kappa shape index (κ3) is 5.30. The fourth-order valence-electron chi connectivity index (χ4n) is 3.47. The second kappa shape index (κ2) is 10.0. The minimum absolute atomic E-state index is 0.228. The van der Waals surface area contributed by atoms with Crippen LogP contribution in [0.1, 0.15) is 25.2 Å². The van der Waals surface area contributed by atoms with Gasteiger partial charge in [0.25, 0.3) is 7.37 Å². The highest BCUT2D eigenvalue weighted by Gasteiger charge is 2.40. The molecular weight excluding hydrogens is 407 g/mol. The summed E-state index contributed by atoms with van der Waals surface area (Å²) < 4.78 is 26.6. The smallest absolute Gasteiger partial charge is 0.258 e. The number of anilines is 2. The van der Waals surface area contributed by atoms with Gasteiger partial charge in [-0.25, -0.2) is 0 Å². The lowest BCUT2D eigenvalue weighted by atomic mass is 10.2. The van der Waals surface area contributed by atoms with Crippen LogP contribution in [-0.4, -0.2) is 27.3 Å². The second-order valence-electron chi connectivity index (χ2n) is 7.82. The molecule has 164 valence electrons. The quantitative estimate of drug-likeness (QED) is 0.422. The third-order valence-corrected chi connectivity index (χ3v) is 7.78. The first-order chi connectivity index (χ1) is 14.8. The van der Waals surface area contributed by atoms with Crippen molar-refractivity contribution in [3.63, 3.8) is 0 Å². The second-order valence-corrected chi connectivity index (χ2v) is 10.3. The molecule has 0 aliphatic rings. The fraction of sp³-hybridized carbons (Fsp3) is 0.280. The molecule has 3 rings (SSSR count). The lowest BCUT2D eigenvalue weighted by molar-refractivity contribution is 0.245. The van der Waals surface area contributed by atoms with Crippen LogP contribution in [0.15, 0.2) is 78.9 Å². The third-order valence-electron chi connectivity index (χ3n) is 4.94. The van der Waals surface area contributed by atoms with Gasteiger partial charge >= 0.3 is 0 Å². The number of ether oxygens (including phenoxy) is 1. The standard InChI is InChI=1S/C25H31N2O3P/c1-19(2)30-31(28,22-17-15-21(16-18-22)27(3)4)25(26-20-11-7-6-8-12-20)23-13-9-10-14-24(23)29-5/h6-19,25-26H,1-5H3/t25-,31-/m1/s1. The molecule has 0 aliphatic carbocycles. The zero-order valence-electron chi connectivity index (χ0n) is 18.8. The molecular formula is C25H31N2O3P. The maximum Gasteiger partial charge on any atom is 0.258 e. The van der Waals surface area contributed by atoms with Crippen molar-refractivity contribution in [3.8, 4) is 5.75 Å². The van der Waals surface area contributed by atoms with Crippen molar-refractivity contribution in [2.75, 3.05) is 31.4 Å². The van der Waals surface area contributed by atoms with Crippen molar-refractivity contribution < 1.29 is 13.8 Å². The molecule has 0 amide bonds. The molecule has 3 aromatic rings. The zero-order chi connectivity index (χ0) is 22.4. The van der Waals surface area contributed by atoms with E-state index in [-0.39, 0.29) is 6.10 Å². The molecule has 1 N–H and O–H groups in total. The topological polar surface area (TPSA) is 50.8 Å². The minimum atomic E-state index is -3.43. The number of hydrogen-bond acceptors (Lipinski definition) is 5. The highest BCUT2D eigenvalue weighted by molar-refractivity contribution is 7.67. The number of nitrogens with one attached hydrogen (secondary N) is 1. The average Bonchev–Trinajstić information content (AvgIpc) is 2.77. The van der Waals surface area contributed by atoms with Gasteiger partial charge in [-0.1, -0.05) is 36.4 Å². The van der Waals surface area contributed by atoms with Crippen LogP contribution in [0.25, 0.3) is 0 Å². The molecule has 0 heterocycles. The van der Waals surface area contributed by atoms with Crippen molar-refractivity contribution in [3.05, 3.63) is 84.4 Å². The van der Waals surface area contributed by atoms with Crippen LogP contribution in [0.4, 0.5) is 11.4 Å². The van der Waals surface area contributed by atoms with Crippen molar-refractivity contribution in [2.45, 2.75) is 25.7 Å². The average molecular weight is 439 g/mol. The Kier molecular flexibility index (Phi) is 7.42. The molecule has 0 aromatic heterocycles. The number of hydrogen-bond donors (Lipinski definition) is 1. The summed E-state index contributed by atoms with van der Waals surface area (Å²) in [6.45, 7) is 3.81. The largest absolute Gasteiger partial charge is 0.496 e. The van der Waals surface area contributed by atoms with Crippen molar-refractivity contribution in [1.82, 2.24) is 0 Å². The van der Waals surface area contributed by atoms with E-state index in [1.807, 2.05) is 112 Å². The Morgan fingerprint density at radius 2 is 1.48 bits per heavy atom. The first kappa shape index (κ1) is 22.9. The highest BCUT2D eigenvalue weighted by Crippen LogP contribution is 2.61. The minimum Gasteiger partial charge on any atom is -0.496 e. The summed E-state index contributed by atoms with van der Waals surface area (Å²) in [6.07, 6.45) is -0.228. The molecule has 0 saturated heterocycles. The maximum atomic E-state index is 14.7. The molecule has 3 aromatic carbocycles. The normalized spacial score (nSPS) is 14.0. The molecule has 5 nitrogen and oxygen atoms in total. The van der Waals surface area contributed by atoms with Crippen LogP contribution in [0.3, 0.4) is 0 Å². The van der Waals surface area contributed by atoms with E-state index in [4.69, 9.17) is 9.26 Å². The number of para-hydroxylation sites is 2. The molecule has 31 heavy (non-hydrogen) atoms. The summed E-state index contributed by atoms with van der Waals surface area (Å²) in [5.41, 5.74) is 2.68. The van der Waals surface area contributed by atoms with Gasteiger partial charge in [0.15, 0.2) is 0 Å². The summed E-state index contributed by atoms with van der Waals surface area (Å²) in [5.74, 6) is 0.0343. The maximum absolute atomic E-state index is 14.7. The van der Waals surface area contributed by atoms with Crippen LogP contribution < -0.4 is 20.3 Å². The predicted octanol–water partition coefficient (Wildman–Crippen LogP) is 5.90. The molecule has 0 bridgehead atoms. The SMILES string of the molecule is COc1ccccc1[C@H](Nc1ccccc1)[P@](=O)(OC(C)C)c1ccc(N(C)C)cc1. The molecule has 2 atom stereocenters. The van der Waals surface area contributed by atoms with Gasteiger partial charge in [-0.05, 0) is 56.3 Å². The number of benzene rings is 3. The number of methoxy groups -OCH3 is 1. The Labute approximate surface area is 185 Å². The molecule has 0 spiro atoms. The van der Waals surface area contributed by atoms with Gasteiger partial charge in [0.1, 0.15) is 11.5 Å². The summed E-state index contributed by atoms with van der Waals surface area (Å²) in [7, 11) is 2.16. The fourth-order valence-corrected chi connectivity index (χ4v) is 6.10. The lowest BCUT2D eigenvalue weighted by Gasteiger charge is -2.32. The Morgan fingerprint density at radius 3 is 2.06 bits per heavy atom. The summed E-state index contributed by atoms with van der Waals surface area (Å²) in [4.78, 5) is 2.01. The van der Waals surface area contributed by atoms with E-state index in [9.17, 15) is 4.57 Å². The van der Waals surface area contributed by atoms with Gasteiger partial charge in [0.2, 0.25) is 0 Å². The summed E-state index contributed by atoms with van der Waals surface area (Å²) in [6, 6.07) is 25.1. The Bertz CT molecular complexity index is 1020. The van der Waals surface area contributed by atoms with Gasteiger partial charge in [0.05, 0.1) is 13.2 Å². The molecule has 0 radical (unpaired) electrons. The van der Waals surface area contributed by atoms with Crippen molar-refractivity contribution >= 4 is 24.0 Å². The zero-order valence-corrected chi connectivity index (χ0v) is 19.7. The molecule has 0 aliphatic heterocycles. The summed E-state index contributed by atoms with van der Waals surface area (Å²) in [5, 5.41) is 4.13. The highest BCUT2D eigenvalue weighted by atomic mass is 31.2. The van der Waals surface area contributed by atoms with Gasteiger partial charge < -0.3 is 19.5 Å².